The number of rotatable bonds is 6. The molecule has 0 aliphatic heterocycles. The minimum atomic E-state index is -1.49. The highest BCUT2D eigenvalue weighted by atomic mass is 19.1. The first-order chi connectivity index (χ1) is 9.79. The maximum absolute atomic E-state index is 13.3. The summed E-state index contributed by atoms with van der Waals surface area (Å²) in [6.07, 6.45) is -0.576. The Morgan fingerprint density at radius 3 is 2.48 bits per heavy atom. The molecule has 1 unspecified atom stereocenters. The van der Waals surface area contributed by atoms with Crippen molar-refractivity contribution in [3.63, 3.8) is 0 Å². The average Bonchev–Trinajstić information content (AvgIpc) is 2.36. The molecule has 0 aromatic heterocycles. The van der Waals surface area contributed by atoms with E-state index in [2.05, 4.69) is 5.32 Å². The molecule has 0 radical (unpaired) electrons. The van der Waals surface area contributed by atoms with Crippen LogP contribution in [0.2, 0.25) is 0 Å². The van der Waals surface area contributed by atoms with Gasteiger partial charge in [-0.3, -0.25) is 4.79 Å². The van der Waals surface area contributed by atoms with Gasteiger partial charge in [0.1, 0.15) is 17.7 Å². The number of benzene rings is 1. The molecule has 1 aromatic carbocycles. The van der Waals surface area contributed by atoms with Crippen molar-refractivity contribution in [3.05, 3.63) is 35.4 Å². The van der Waals surface area contributed by atoms with E-state index in [-0.39, 0.29) is 12.1 Å². The van der Waals surface area contributed by atoms with E-state index in [9.17, 15) is 23.2 Å². The van der Waals surface area contributed by atoms with Gasteiger partial charge in [-0.05, 0) is 6.07 Å². The smallest absolute Gasteiger partial charge is 0.326 e. The van der Waals surface area contributed by atoms with Gasteiger partial charge < -0.3 is 21.5 Å². The van der Waals surface area contributed by atoms with Gasteiger partial charge in [-0.2, -0.15) is 0 Å². The number of urea groups is 1. The highest BCUT2D eigenvalue weighted by molar-refractivity contribution is 5.87. The van der Waals surface area contributed by atoms with E-state index in [0.717, 1.165) is 12.1 Å². The van der Waals surface area contributed by atoms with Gasteiger partial charge in [-0.1, -0.05) is 6.07 Å². The van der Waals surface area contributed by atoms with Crippen molar-refractivity contribution in [2.45, 2.75) is 19.0 Å². The summed E-state index contributed by atoms with van der Waals surface area (Å²) >= 11 is 0. The molecule has 3 amide bonds. The number of halogens is 2. The molecule has 0 bridgehead atoms. The number of hydrogen-bond donors (Lipinski definition) is 4. The number of carbonyl (C=O) groups excluding carboxylic acids is 2. The number of primary amides is 1. The lowest BCUT2D eigenvalue weighted by molar-refractivity contribution is -0.140. The third-order valence-electron chi connectivity index (χ3n) is 2.46. The third-order valence-corrected chi connectivity index (χ3v) is 2.46. The average molecular weight is 301 g/mol. The van der Waals surface area contributed by atoms with Gasteiger partial charge in [0.2, 0.25) is 5.91 Å². The molecular weight excluding hydrogens is 288 g/mol. The van der Waals surface area contributed by atoms with Crippen LogP contribution in [0.4, 0.5) is 13.6 Å². The van der Waals surface area contributed by atoms with Crippen LogP contribution >= 0.6 is 0 Å². The monoisotopic (exact) mass is 301 g/mol. The van der Waals surface area contributed by atoms with Crippen LogP contribution in [0, 0.1) is 11.6 Å². The fourth-order valence-corrected chi connectivity index (χ4v) is 1.45. The maximum Gasteiger partial charge on any atom is 0.326 e. The molecule has 0 aliphatic rings. The SMILES string of the molecule is NC(=O)CC(NC(=O)NCc1ccc(F)cc1F)C(=O)O. The van der Waals surface area contributed by atoms with Gasteiger partial charge in [-0.15, -0.1) is 0 Å². The maximum atomic E-state index is 13.3. The van der Waals surface area contributed by atoms with Crippen LogP contribution in [-0.2, 0) is 16.1 Å². The third kappa shape index (κ3) is 5.43. The van der Waals surface area contributed by atoms with Gasteiger partial charge in [0.15, 0.2) is 0 Å². The Morgan fingerprint density at radius 2 is 1.95 bits per heavy atom. The normalized spacial score (nSPS) is 11.5. The molecular formula is C12H13F2N3O4. The van der Waals surface area contributed by atoms with Crippen molar-refractivity contribution < 1.29 is 28.3 Å². The Hall–Kier alpha value is -2.71. The second kappa shape index (κ2) is 7.17. The highest BCUT2D eigenvalue weighted by Gasteiger charge is 2.22. The zero-order chi connectivity index (χ0) is 16.0. The van der Waals surface area contributed by atoms with Crippen molar-refractivity contribution in [3.8, 4) is 0 Å². The molecule has 1 aromatic rings. The largest absolute Gasteiger partial charge is 0.480 e. The molecule has 114 valence electrons. The van der Waals surface area contributed by atoms with Gasteiger partial charge >= 0.3 is 12.0 Å². The summed E-state index contributed by atoms with van der Waals surface area (Å²) in [5.41, 5.74) is 4.87. The van der Waals surface area contributed by atoms with Crippen LogP contribution in [-0.4, -0.2) is 29.1 Å². The van der Waals surface area contributed by atoms with Crippen LogP contribution in [0.1, 0.15) is 12.0 Å². The summed E-state index contributed by atoms with van der Waals surface area (Å²) in [5, 5.41) is 13.0. The highest BCUT2D eigenvalue weighted by Crippen LogP contribution is 2.08. The number of carboxylic acid groups (broad SMARTS) is 1. The van der Waals surface area contributed by atoms with Crippen molar-refractivity contribution >= 4 is 17.9 Å². The molecule has 21 heavy (non-hydrogen) atoms. The van der Waals surface area contributed by atoms with E-state index in [0.29, 0.717) is 6.07 Å². The van der Waals surface area contributed by atoms with Crippen LogP contribution in [0.5, 0.6) is 0 Å². The molecule has 7 nitrogen and oxygen atoms in total. The quantitative estimate of drug-likeness (QED) is 0.595. The van der Waals surface area contributed by atoms with Crippen molar-refractivity contribution in [2.75, 3.05) is 0 Å². The molecule has 1 rings (SSSR count). The van der Waals surface area contributed by atoms with E-state index < -0.39 is 42.0 Å². The first-order valence-electron chi connectivity index (χ1n) is 5.79. The van der Waals surface area contributed by atoms with Crippen molar-refractivity contribution in [1.29, 1.82) is 0 Å². The lowest BCUT2D eigenvalue weighted by Gasteiger charge is -2.13. The fraction of sp³-hybridized carbons (Fsp3) is 0.250. The molecule has 0 saturated carbocycles. The van der Waals surface area contributed by atoms with Crippen LogP contribution in [0.15, 0.2) is 18.2 Å². The number of aliphatic carboxylic acids is 1. The predicted molar refractivity (Wildman–Crippen MR) is 67.0 cm³/mol. The topological polar surface area (TPSA) is 122 Å². The van der Waals surface area contributed by atoms with Gasteiger partial charge in [0, 0.05) is 18.2 Å². The van der Waals surface area contributed by atoms with Crippen LogP contribution in [0.25, 0.3) is 0 Å². The molecule has 0 fully saturated rings. The molecule has 0 heterocycles. The zero-order valence-electron chi connectivity index (χ0n) is 10.7. The Morgan fingerprint density at radius 1 is 1.29 bits per heavy atom. The standard InChI is InChI=1S/C12H13F2N3O4/c13-7-2-1-6(8(14)3-7)5-16-12(21)17-9(11(19)20)4-10(15)18/h1-3,9H,4-5H2,(H2,15,18)(H,19,20)(H2,16,17,21). The Balaban J connectivity index is 2.56. The summed E-state index contributed by atoms with van der Waals surface area (Å²) in [4.78, 5) is 32.9. The number of nitrogens with one attached hydrogen (secondary N) is 2. The minimum Gasteiger partial charge on any atom is -0.480 e. The molecule has 0 saturated heterocycles. The van der Waals surface area contributed by atoms with Crippen molar-refractivity contribution in [2.24, 2.45) is 5.73 Å². The van der Waals surface area contributed by atoms with Gasteiger partial charge in [0.05, 0.1) is 6.42 Å². The summed E-state index contributed by atoms with van der Waals surface area (Å²) in [7, 11) is 0. The summed E-state index contributed by atoms with van der Waals surface area (Å²) < 4.78 is 26.0. The van der Waals surface area contributed by atoms with E-state index in [1.54, 1.807) is 0 Å². The summed E-state index contributed by atoms with van der Waals surface area (Å²) in [6.45, 7) is -0.277. The Labute approximate surface area is 118 Å². The summed E-state index contributed by atoms with van der Waals surface area (Å²) in [6, 6.07) is 0.406. The van der Waals surface area contributed by atoms with E-state index in [1.807, 2.05) is 5.32 Å². The molecule has 0 aliphatic carbocycles. The Bertz CT molecular complexity index is 565. The second-order valence-electron chi connectivity index (χ2n) is 4.12. The number of amides is 3. The van der Waals surface area contributed by atoms with Gasteiger partial charge in [0.25, 0.3) is 0 Å². The van der Waals surface area contributed by atoms with Crippen molar-refractivity contribution in [1.82, 2.24) is 10.6 Å². The number of carbonyl (C=O) groups is 3. The van der Waals surface area contributed by atoms with E-state index >= 15 is 0 Å². The van der Waals surface area contributed by atoms with E-state index in [1.165, 1.54) is 0 Å². The fourth-order valence-electron chi connectivity index (χ4n) is 1.45. The van der Waals surface area contributed by atoms with Crippen LogP contribution in [0.3, 0.4) is 0 Å². The second-order valence-corrected chi connectivity index (χ2v) is 4.12. The zero-order valence-corrected chi connectivity index (χ0v) is 10.7. The number of hydrogen-bond acceptors (Lipinski definition) is 3. The molecule has 0 spiro atoms. The van der Waals surface area contributed by atoms with Crippen LogP contribution < -0.4 is 16.4 Å². The minimum absolute atomic E-state index is 0.0216. The first-order valence-corrected chi connectivity index (χ1v) is 5.79. The molecule has 1 atom stereocenters. The predicted octanol–water partition coefficient (Wildman–Crippen LogP) is 0.0926. The number of nitrogens with two attached hydrogens (primary N) is 1. The van der Waals surface area contributed by atoms with E-state index in [4.69, 9.17) is 10.8 Å². The Kier molecular flexibility index (Phi) is 5.58. The first kappa shape index (κ1) is 16.3. The lowest BCUT2D eigenvalue weighted by atomic mass is 10.2. The molecule has 9 heteroatoms. The molecule has 5 N–H and O–H groups in total. The summed E-state index contributed by atoms with van der Waals surface area (Å²) in [5.74, 6) is -3.93. The lowest BCUT2D eigenvalue weighted by Crippen LogP contribution is -2.47. The number of carboxylic acids is 1. The van der Waals surface area contributed by atoms with Gasteiger partial charge in [-0.25, -0.2) is 18.4 Å².